The third-order valence-corrected chi connectivity index (χ3v) is 6.26. The number of phosphoric acid groups is 1. The average Bonchev–Trinajstić information content (AvgIpc) is 3.25. The Bertz CT molecular complexity index is 1190. The second-order valence-electron chi connectivity index (χ2n) is 9.58. The highest BCUT2D eigenvalue weighted by Gasteiger charge is 2.48. The van der Waals surface area contributed by atoms with Crippen LogP contribution in [0.5, 0.6) is 0 Å². The molecular weight excluding hydrogens is 641 g/mol. The SMILES string of the molecule is NC(N)=NCCC[C@H]([NH3+])C(=O)O.NC(N)=NCCC[C@H]([NH3+])C(=O)O.O=C([O-])c1ccc[n+]([C@@H]2O[C@H](COP(=O)([O-])[O-])[C@@H](O)[C@H]2O)c1. The second-order valence-corrected chi connectivity index (χ2v) is 10.7. The summed E-state index contributed by atoms with van der Waals surface area (Å²) in [6.07, 6.45) is -0.692. The van der Waals surface area contributed by atoms with Crippen molar-refractivity contribution in [1.82, 2.24) is 0 Å². The Morgan fingerprint density at radius 1 is 0.978 bits per heavy atom. The number of rotatable bonds is 15. The van der Waals surface area contributed by atoms with Crippen molar-refractivity contribution in [2.24, 2.45) is 32.9 Å². The van der Waals surface area contributed by atoms with Gasteiger partial charge in [-0.05, 0) is 18.9 Å². The summed E-state index contributed by atoms with van der Waals surface area (Å²) in [5.74, 6) is -3.16. The Hall–Kier alpha value is -3.99. The van der Waals surface area contributed by atoms with Crippen molar-refractivity contribution in [3.63, 3.8) is 0 Å². The van der Waals surface area contributed by atoms with Gasteiger partial charge in [0.05, 0.1) is 26.0 Å². The lowest BCUT2D eigenvalue weighted by atomic mass is 10.1. The molecular formula is C23H42N9O13P. The van der Waals surface area contributed by atoms with Crippen molar-refractivity contribution in [3.05, 3.63) is 30.1 Å². The number of quaternary nitrogens is 2. The van der Waals surface area contributed by atoms with Crippen LogP contribution in [0.15, 0.2) is 34.5 Å². The lowest BCUT2D eigenvalue weighted by molar-refractivity contribution is -0.765. The molecule has 2 heterocycles. The number of nitrogens with two attached hydrogens (primary N) is 4. The van der Waals surface area contributed by atoms with E-state index in [9.17, 15) is 44.1 Å². The molecule has 1 aromatic rings. The smallest absolute Gasteiger partial charge is 0.362 e. The topological polar surface area (TPSA) is 425 Å². The molecule has 1 aliphatic heterocycles. The van der Waals surface area contributed by atoms with Gasteiger partial charge in [0.15, 0.2) is 42.5 Å². The number of carboxylic acids is 3. The van der Waals surface area contributed by atoms with Gasteiger partial charge in [0.2, 0.25) is 0 Å². The fourth-order valence-corrected chi connectivity index (χ4v) is 3.72. The minimum absolute atomic E-state index is 0.0333. The van der Waals surface area contributed by atoms with Crippen molar-refractivity contribution >= 4 is 37.6 Å². The number of carbonyl (C=O) groups excluding carboxylic acids is 1. The van der Waals surface area contributed by atoms with E-state index in [0.29, 0.717) is 38.8 Å². The van der Waals surface area contributed by atoms with Gasteiger partial charge in [-0.3, -0.25) is 9.98 Å². The van der Waals surface area contributed by atoms with Crippen LogP contribution in [-0.4, -0.2) is 100 Å². The summed E-state index contributed by atoms with van der Waals surface area (Å²) in [4.78, 5) is 59.6. The summed E-state index contributed by atoms with van der Waals surface area (Å²) in [6, 6.07) is 1.48. The first kappa shape index (κ1) is 42.0. The Labute approximate surface area is 262 Å². The average molecular weight is 684 g/mol. The van der Waals surface area contributed by atoms with E-state index in [4.69, 9.17) is 37.9 Å². The first-order chi connectivity index (χ1) is 21.3. The molecule has 1 fully saturated rings. The van der Waals surface area contributed by atoms with Crippen molar-refractivity contribution in [2.45, 2.75) is 62.3 Å². The maximum atomic E-state index is 10.8. The summed E-state index contributed by atoms with van der Waals surface area (Å²) in [5, 5.41) is 47.4. The molecule has 22 nitrogen and oxygen atoms in total. The highest BCUT2D eigenvalue weighted by molar-refractivity contribution is 7.43. The summed E-state index contributed by atoms with van der Waals surface area (Å²) >= 11 is 0. The minimum Gasteiger partial charge on any atom is -0.790 e. The molecule has 1 aliphatic rings. The summed E-state index contributed by atoms with van der Waals surface area (Å²) in [5.41, 5.74) is 27.0. The fraction of sp³-hybridized carbons (Fsp3) is 0.565. The number of pyridine rings is 1. The van der Waals surface area contributed by atoms with E-state index in [2.05, 4.69) is 26.0 Å². The highest BCUT2D eigenvalue weighted by atomic mass is 31.2. The van der Waals surface area contributed by atoms with Crippen LogP contribution in [0.1, 0.15) is 42.3 Å². The number of carbonyl (C=O) groups is 3. The molecule has 18 N–H and O–H groups in total. The number of aromatic carboxylic acids is 1. The number of aliphatic imine (C=N–C) groups is 2. The van der Waals surface area contributed by atoms with Gasteiger partial charge in [-0.1, -0.05) is 0 Å². The number of guanidine groups is 2. The summed E-state index contributed by atoms with van der Waals surface area (Å²) < 4.78 is 20.8. The van der Waals surface area contributed by atoms with E-state index in [1.807, 2.05) is 0 Å². The standard InChI is InChI=1S/C11H14NO9P.2C6H14N4O2/c13-8-7(5-20-22(17,18)19)21-10(9(8)14)12-3-1-2-6(4-12)11(15)16;2*7-4(5(11)12)2-1-3-10-6(8)9/h1-4,7-10,13-14H,5H2,(H2-,15,16,17,18,19);2*4H,1-3,7H2,(H,11,12)(H4,8,9,10)/t7-,8-,9-,10-;2*4-/m100/s1. The first-order valence-electron chi connectivity index (χ1n) is 13.4. The third kappa shape index (κ3) is 18.1. The van der Waals surface area contributed by atoms with Gasteiger partial charge in [0.1, 0.15) is 12.2 Å². The second kappa shape index (κ2) is 20.9. The zero-order valence-corrected chi connectivity index (χ0v) is 25.6. The van der Waals surface area contributed by atoms with E-state index < -0.39 is 69.0 Å². The largest absolute Gasteiger partial charge is 0.790 e. The number of hydrogen-bond donors (Lipinski definition) is 10. The highest BCUT2D eigenvalue weighted by Crippen LogP contribution is 2.30. The molecule has 262 valence electrons. The number of aromatic nitrogens is 1. The van der Waals surface area contributed by atoms with Crippen LogP contribution in [-0.2, 0) is 23.4 Å². The van der Waals surface area contributed by atoms with Gasteiger partial charge in [0.25, 0.3) is 6.23 Å². The lowest BCUT2D eigenvalue weighted by Gasteiger charge is -2.30. The van der Waals surface area contributed by atoms with Crippen LogP contribution in [0, 0.1) is 0 Å². The predicted molar refractivity (Wildman–Crippen MR) is 149 cm³/mol. The molecule has 6 atom stereocenters. The maximum Gasteiger partial charge on any atom is 0.362 e. The molecule has 2 rings (SSSR count). The van der Waals surface area contributed by atoms with Gasteiger partial charge in [-0.15, -0.1) is 0 Å². The number of aliphatic carboxylic acids is 2. The van der Waals surface area contributed by atoms with Crippen molar-refractivity contribution in [1.29, 1.82) is 0 Å². The number of phosphoric ester groups is 1. The predicted octanol–water partition coefficient (Wildman–Crippen LogP) is -8.73. The van der Waals surface area contributed by atoms with Crippen molar-refractivity contribution < 1.29 is 79.6 Å². The molecule has 23 heteroatoms. The number of nitrogens with zero attached hydrogens (tertiary/aromatic N) is 3. The van der Waals surface area contributed by atoms with Gasteiger partial charge in [0, 0.05) is 32.0 Å². The molecule has 0 spiro atoms. The number of hydrogen-bond acceptors (Lipinski definition) is 13. The number of aliphatic hydroxyl groups is 2. The van der Waals surface area contributed by atoms with E-state index in [1.165, 1.54) is 22.9 Å². The quantitative estimate of drug-likeness (QED) is 0.0270. The molecule has 0 radical (unpaired) electrons. The van der Waals surface area contributed by atoms with Crippen LogP contribution >= 0.6 is 7.82 Å². The van der Waals surface area contributed by atoms with Crippen molar-refractivity contribution in [2.75, 3.05) is 19.7 Å². The fourth-order valence-electron chi connectivity index (χ4n) is 3.39. The molecule has 46 heavy (non-hydrogen) atoms. The van der Waals surface area contributed by atoms with E-state index >= 15 is 0 Å². The van der Waals surface area contributed by atoms with Crippen LogP contribution in [0.4, 0.5) is 0 Å². The number of carboxylic acid groups (broad SMARTS) is 3. The Morgan fingerprint density at radius 2 is 1.46 bits per heavy atom. The first-order valence-corrected chi connectivity index (χ1v) is 14.9. The lowest BCUT2D eigenvalue weighted by Crippen LogP contribution is -2.64. The van der Waals surface area contributed by atoms with Crippen LogP contribution in [0.25, 0.3) is 0 Å². The Morgan fingerprint density at radius 3 is 1.85 bits per heavy atom. The van der Waals surface area contributed by atoms with Gasteiger partial charge in [-0.2, -0.15) is 4.57 Å². The Balaban J connectivity index is 0.000000722. The molecule has 0 aliphatic carbocycles. The normalized spacial score (nSPS) is 20.0. The molecule has 0 bridgehead atoms. The monoisotopic (exact) mass is 683 g/mol. The molecule has 0 aromatic carbocycles. The van der Waals surface area contributed by atoms with Crippen LogP contribution in [0.3, 0.4) is 0 Å². The third-order valence-electron chi connectivity index (χ3n) is 5.79. The van der Waals surface area contributed by atoms with E-state index in [-0.39, 0.29) is 17.5 Å². The van der Waals surface area contributed by atoms with Crippen LogP contribution < -0.4 is 53.9 Å². The summed E-state index contributed by atoms with van der Waals surface area (Å²) in [6.45, 7) is 0.156. The molecule has 0 saturated carbocycles. The minimum atomic E-state index is -5.24. The molecule has 1 aromatic heterocycles. The zero-order chi connectivity index (χ0) is 35.6. The van der Waals surface area contributed by atoms with Gasteiger partial charge in [-0.25, -0.2) is 9.59 Å². The summed E-state index contributed by atoms with van der Waals surface area (Å²) in [7, 11) is -5.24. The molecule has 0 unspecified atom stereocenters. The number of ether oxygens (including phenoxy) is 1. The molecule has 0 amide bonds. The van der Waals surface area contributed by atoms with E-state index in [1.54, 1.807) is 0 Å². The number of aliphatic hydroxyl groups excluding tert-OH is 2. The van der Waals surface area contributed by atoms with Gasteiger partial charge >= 0.3 is 11.9 Å². The Kier molecular flexibility index (Phi) is 19.1. The maximum absolute atomic E-state index is 10.8. The van der Waals surface area contributed by atoms with Crippen molar-refractivity contribution in [3.8, 4) is 0 Å². The van der Waals surface area contributed by atoms with Gasteiger partial charge < -0.3 is 88.3 Å². The van der Waals surface area contributed by atoms with Crippen LogP contribution in [0.2, 0.25) is 0 Å². The molecule has 1 saturated heterocycles. The zero-order valence-electron chi connectivity index (χ0n) is 24.7. The van der Waals surface area contributed by atoms with E-state index in [0.717, 1.165) is 6.20 Å².